The standard InChI is InChI=1S/C21H23N3O5/c25-20(22-6-7-24-8-10-27-11-9-24)15-2-1-3-16(12-15)21(26)23-17-4-5-18-19(13-17)29-14-28-18/h1-5,12-13H,6-11,14H2,(H,22,25)(H,23,26). The Bertz CT molecular complexity index is 896. The third-order valence-corrected chi connectivity index (χ3v) is 4.83. The maximum atomic E-state index is 12.6. The van der Waals surface area contributed by atoms with E-state index in [0.717, 1.165) is 32.8 Å². The van der Waals surface area contributed by atoms with Crippen molar-refractivity contribution in [3.63, 3.8) is 0 Å². The monoisotopic (exact) mass is 397 g/mol. The minimum atomic E-state index is -0.299. The van der Waals surface area contributed by atoms with Gasteiger partial charge in [0.25, 0.3) is 11.8 Å². The molecule has 0 bridgehead atoms. The van der Waals surface area contributed by atoms with Crippen LogP contribution in [-0.4, -0.2) is 62.9 Å². The zero-order chi connectivity index (χ0) is 20.1. The lowest BCUT2D eigenvalue weighted by Crippen LogP contribution is -2.41. The van der Waals surface area contributed by atoms with Gasteiger partial charge in [-0.25, -0.2) is 0 Å². The number of nitrogens with one attached hydrogen (secondary N) is 2. The number of morpholine rings is 1. The van der Waals surface area contributed by atoms with Crippen LogP contribution in [0.3, 0.4) is 0 Å². The fraction of sp³-hybridized carbons (Fsp3) is 0.333. The SMILES string of the molecule is O=C(NCCN1CCOCC1)c1cccc(C(=O)Nc2ccc3c(c2)OCO3)c1. The Morgan fingerprint density at radius 1 is 0.931 bits per heavy atom. The summed E-state index contributed by atoms with van der Waals surface area (Å²) in [7, 11) is 0. The van der Waals surface area contributed by atoms with Crippen molar-refractivity contribution >= 4 is 17.5 Å². The summed E-state index contributed by atoms with van der Waals surface area (Å²) in [5, 5.41) is 5.72. The molecule has 2 aromatic carbocycles. The van der Waals surface area contributed by atoms with Gasteiger partial charge in [0.15, 0.2) is 11.5 Å². The van der Waals surface area contributed by atoms with Gasteiger partial charge in [-0.3, -0.25) is 14.5 Å². The topological polar surface area (TPSA) is 89.1 Å². The Hall–Kier alpha value is -3.10. The zero-order valence-electron chi connectivity index (χ0n) is 16.0. The molecular formula is C21H23N3O5. The molecule has 8 heteroatoms. The summed E-state index contributed by atoms with van der Waals surface area (Å²) in [5.74, 6) is 0.748. The molecule has 152 valence electrons. The number of ether oxygens (including phenoxy) is 3. The molecule has 4 rings (SSSR count). The van der Waals surface area contributed by atoms with Gasteiger partial charge in [0.2, 0.25) is 6.79 Å². The summed E-state index contributed by atoms with van der Waals surface area (Å²) in [6, 6.07) is 11.9. The normalized spacial score (nSPS) is 15.7. The molecule has 0 spiro atoms. The van der Waals surface area contributed by atoms with Gasteiger partial charge in [-0.1, -0.05) is 6.07 Å². The second-order valence-corrected chi connectivity index (χ2v) is 6.81. The third kappa shape index (κ3) is 4.85. The molecule has 2 aliphatic rings. The van der Waals surface area contributed by atoms with Crippen molar-refractivity contribution in [1.82, 2.24) is 10.2 Å². The molecule has 2 heterocycles. The number of fused-ring (bicyclic) bond motifs is 1. The predicted molar refractivity (Wildman–Crippen MR) is 107 cm³/mol. The molecule has 1 saturated heterocycles. The molecule has 2 aliphatic heterocycles. The van der Waals surface area contributed by atoms with Gasteiger partial charge < -0.3 is 24.8 Å². The van der Waals surface area contributed by atoms with Crippen LogP contribution in [0.4, 0.5) is 5.69 Å². The van der Waals surface area contributed by atoms with Crippen molar-refractivity contribution in [2.24, 2.45) is 0 Å². The Balaban J connectivity index is 1.33. The van der Waals surface area contributed by atoms with Crippen LogP contribution in [0.15, 0.2) is 42.5 Å². The van der Waals surface area contributed by atoms with Gasteiger partial charge in [0.1, 0.15) is 0 Å². The van der Waals surface area contributed by atoms with Crippen LogP contribution < -0.4 is 20.1 Å². The van der Waals surface area contributed by atoms with Gasteiger partial charge in [-0.2, -0.15) is 0 Å². The van der Waals surface area contributed by atoms with Crippen LogP contribution in [0.25, 0.3) is 0 Å². The van der Waals surface area contributed by atoms with E-state index in [1.807, 2.05) is 0 Å². The quantitative estimate of drug-likeness (QED) is 0.772. The summed E-state index contributed by atoms with van der Waals surface area (Å²) in [4.78, 5) is 27.3. The zero-order valence-corrected chi connectivity index (χ0v) is 16.0. The van der Waals surface area contributed by atoms with E-state index >= 15 is 0 Å². The van der Waals surface area contributed by atoms with Crippen LogP contribution in [-0.2, 0) is 4.74 Å². The van der Waals surface area contributed by atoms with Crippen LogP contribution >= 0.6 is 0 Å². The second-order valence-electron chi connectivity index (χ2n) is 6.81. The summed E-state index contributed by atoms with van der Waals surface area (Å²) in [6.07, 6.45) is 0. The van der Waals surface area contributed by atoms with Crippen molar-refractivity contribution in [3.05, 3.63) is 53.6 Å². The average Bonchev–Trinajstić information content (AvgIpc) is 3.22. The van der Waals surface area contributed by atoms with Gasteiger partial charge in [0.05, 0.1) is 13.2 Å². The summed E-state index contributed by atoms with van der Waals surface area (Å²) >= 11 is 0. The van der Waals surface area contributed by atoms with E-state index in [1.165, 1.54) is 0 Å². The molecule has 8 nitrogen and oxygen atoms in total. The van der Waals surface area contributed by atoms with E-state index in [2.05, 4.69) is 15.5 Å². The number of anilines is 1. The molecule has 29 heavy (non-hydrogen) atoms. The van der Waals surface area contributed by atoms with Crippen molar-refractivity contribution in [2.45, 2.75) is 0 Å². The minimum absolute atomic E-state index is 0.176. The first-order chi connectivity index (χ1) is 14.2. The molecule has 1 fully saturated rings. The molecule has 0 atom stereocenters. The fourth-order valence-corrected chi connectivity index (χ4v) is 3.23. The number of carbonyl (C=O) groups excluding carboxylic acids is 2. The average molecular weight is 397 g/mol. The highest BCUT2D eigenvalue weighted by atomic mass is 16.7. The highest BCUT2D eigenvalue weighted by molar-refractivity contribution is 6.06. The molecule has 2 amide bonds. The number of benzene rings is 2. The lowest BCUT2D eigenvalue weighted by Gasteiger charge is -2.26. The van der Waals surface area contributed by atoms with Gasteiger partial charge in [-0.05, 0) is 30.3 Å². The second kappa shape index (κ2) is 8.93. The Kier molecular flexibility index (Phi) is 5.92. The minimum Gasteiger partial charge on any atom is -0.454 e. The molecule has 2 N–H and O–H groups in total. The van der Waals surface area contributed by atoms with Crippen LogP contribution in [0.1, 0.15) is 20.7 Å². The molecule has 2 aromatic rings. The lowest BCUT2D eigenvalue weighted by molar-refractivity contribution is 0.0383. The van der Waals surface area contributed by atoms with Crippen molar-refractivity contribution in [3.8, 4) is 11.5 Å². The summed E-state index contributed by atoms with van der Waals surface area (Å²) in [6.45, 7) is 4.72. The van der Waals surface area contributed by atoms with Gasteiger partial charge in [0, 0.05) is 49.1 Å². The largest absolute Gasteiger partial charge is 0.454 e. The molecular weight excluding hydrogens is 374 g/mol. The van der Waals surface area contributed by atoms with E-state index in [4.69, 9.17) is 14.2 Å². The van der Waals surface area contributed by atoms with E-state index in [0.29, 0.717) is 34.9 Å². The highest BCUT2D eigenvalue weighted by Gasteiger charge is 2.16. The number of rotatable bonds is 6. The first-order valence-electron chi connectivity index (χ1n) is 9.58. The van der Waals surface area contributed by atoms with E-state index in [-0.39, 0.29) is 18.6 Å². The number of carbonyl (C=O) groups is 2. The predicted octanol–water partition coefficient (Wildman–Crippen LogP) is 1.73. The highest BCUT2D eigenvalue weighted by Crippen LogP contribution is 2.34. The number of amides is 2. The van der Waals surface area contributed by atoms with E-state index in [9.17, 15) is 9.59 Å². The van der Waals surface area contributed by atoms with Crippen LogP contribution in [0.5, 0.6) is 11.5 Å². The van der Waals surface area contributed by atoms with Gasteiger partial charge >= 0.3 is 0 Å². The first-order valence-corrected chi connectivity index (χ1v) is 9.58. The van der Waals surface area contributed by atoms with E-state index < -0.39 is 0 Å². The van der Waals surface area contributed by atoms with Gasteiger partial charge in [-0.15, -0.1) is 0 Å². The summed E-state index contributed by atoms with van der Waals surface area (Å²) in [5.41, 5.74) is 1.45. The molecule has 0 aromatic heterocycles. The molecule has 0 aliphatic carbocycles. The number of hydrogen-bond donors (Lipinski definition) is 2. The molecule has 0 saturated carbocycles. The summed E-state index contributed by atoms with van der Waals surface area (Å²) < 4.78 is 15.9. The maximum absolute atomic E-state index is 12.6. The van der Waals surface area contributed by atoms with Crippen LogP contribution in [0.2, 0.25) is 0 Å². The van der Waals surface area contributed by atoms with Crippen molar-refractivity contribution < 1.29 is 23.8 Å². The Morgan fingerprint density at radius 2 is 1.69 bits per heavy atom. The molecule has 0 unspecified atom stereocenters. The smallest absolute Gasteiger partial charge is 0.255 e. The Morgan fingerprint density at radius 3 is 2.52 bits per heavy atom. The van der Waals surface area contributed by atoms with Crippen LogP contribution in [0, 0.1) is 0 Å². The first kappa shape index (κ1) is 19.2. The number of nitrogens with zero attached hydrogens (tertiary/aromatic N) is 1. The third-order valence-electron chi connectivity index (χ3n) is 4.83. The number of hydrogen-bond acceptors (Lipinski definition) is 6. The Labute approximate surface area is 168 Å². The molecule has 0 radical (unpaired) electrons. The van der Waals surface area contributed by atoms with Crippen molar-refractivity contribution in [2.75, 3.05) is 51.5 Å². The maximum Gasteiger partial charge on any atom is 0.255 e. The lowest BCUT2D eigenvalue weighted by atomic mass is 10.1. The van der Waals surface area contributed by atoms with Crippen molar-refractivity contribution in [1.29, 1.82) is 0 Å². The van der Waals surface area contributed by atoms with E-state index in [1.54, 1.807) is 42.5 Å². The fourth-order valence-electron chi connectivity index (χ4n) is 3.23.